The van der Waals surface area contributed by atoms with Crippen LogP contribution in [0.5, 0.6) is 0 Å². The van der Waals surface area contributed by atoms with Crippen molar-refractivity contribution in [1.82, 2.24) is 4.98 Å². The maximum atomic E-state index is 13.0. The summed E-state index contributed by atoms with van der Waals surface area (Å²) in [7, 11) is 0. The van der Waals surface area contributed by atoms with Gasteiger partial charge in [0, 0.05) is 12.5 Å². The fourth-order valence-electron chi connectivity index (χ4n) is 2.44. The van der Waals surface area contributed by atoms with Gasteiger partial charge in [-0.3, -0.25) is 9.59 Å². The number of anilines is 2. The zero-order chi connectivity index (χ0) is 21.2. The van der Waals surface area contributed by atoms with Crippen LogP contribution in [0, 0.1) is 0 Å². The molecule has 1 heterocycles. The van der Waals surface area contributed by atoms with E-state index in [9.17, 15) is 22.8 Å². The number of carbonyl (C=O) groups is 2. The molecule has 3 rings (SSSR count). The molecule has 2 N–H and O–H groups in total. The summed E-state index contributed by atoms with van der Waals surface area (Å²) in [4.78, 5) is 28.2. The summed E-state index contributed by atoms with van der Waals surface area (Å²) in [5.41, 5.74) is -0.443. The minimum Gasteiger partial charge on any atom is -0.325 e. The van der Waals surface area contributed by atoms with Crippen molar-refractivity contribution in [1.29, 1.82) is 0 Å². The van der Waals surface area contributed by atoms with Gasteiger partial charge in [0.15, 0.2) is 0 Å². The van der Waals surface area contributed by atoms with Crippen molar-refractivity contribution in [3.05, 3.63) is 64.1 Å². The van der Waals surface area contributed by atoms with Crippen LogP contribution in [0.25, 0.3) is 10.6 Å². The van der Waals surface area contributed by atoms with Crippen LogP contribution in [-0.2, 0) is 11.0 Å². The Bertz CT molecular complexity index is 1080. The molecule has 150 valence electrons. The van der Waals surface area contributed by atoms with Crippen LogP contribution in [0.2, 0.25) is 5.02 Å². The third kappa shape index (κ3) is 4.93. The second-order valence-corrected chi connectivity index (χ2v) is 7.34. The second-order valence-electron chi connectivity index (χ2n) is 5.90. The van der Waals surface area contributed by atoms with Crippen molar-refractivity contribution in [2.45, 2.75) is 13.1 Å². The molecule has 10 heteroatoms. The molecule has 0 saturated heterocycles. The monoisotopic (exact) mass is 439 g/mol. The van der Waals surface area contributed by atoms with Crippen molar-refractivity contribution in [2.75, 3.05) is 10.6 Å². The molecule has 29 heavy (non-hydrogen) atoms. The summed E-state index contributed by atoms with van der Waals surface area (Å²) in [6, 6.07) is 9.61. The lowest BCUT2D eigenvalue weighted by Crippen LogP contribution is -2.15. The van der Waals surface area contributed by atoms with Crippen molar-refractivity contribution < 1.29 is 22.8 Å². The fraction of sp³-hybridized carbons (Fsp3) is 0.105. The molecular weight excluding hydrogens is 427 g/mol. The van der Waals surface area contributed by atoms with E-state index in [0.717, 1.165) is 29.5 Å². The van der Waals surface area contributed by atoms with Gasteiger partial charge < -0.3 is 10.6 Å². The quantitative estimate of drug-likeness (QED) is 0.548. The summed E-state index contributed by atoms with van der Waals surface area (Å²) < 4.78 is 39.1. The van der Waals surface area contributed by atoms with Crippen molar-refractivity contribution in [3.63, 3.8) is 0 Å². The smallest absolute Gasteiger partial charge is 0.325 e. The summed E-state index contributed by atoms with van der Waals surface area (Å²) in [6.45, 7) is 1.21. The van der Waals surface area contributed by atoms with E-state index in [-0.39, 0.29) is 16.3 Å². The zero-order valence-corrected chi connectivity index (χ0v) is 16.4. The number of amides is 2. The Kier molecular flexibility index (Phi) is 5.90. The van der Waals surface area contributed by atoms with Gasteiger partial charge in [-0.25, -0.2) is 4.98 Å². The van der Waals surface area contributed by atoms with E-state index in [1.54, 1.807) is 24.3 Å². The minimum atomic E-state index is -4.60. The maximum absolute atomic E-state index is 13.0. The van der Waals surface area contributed by atoms with E-state index in [2.05, 4.69) is 15.6 Å². The summed E-state index contributed by atoms with van der Waals surface area (Å²) in [6.07, 6.45) is -3.29. The maximum Gasteiger partial charge on any atom is 0.416 e. The summed E-state index contributed by atoms with van der Waals surface area (Å²) in [5.74, 6) is -1.15. The standard InChI is InChI=1S/C19H13ClF3N3O2S/c1-10(27)25-14-7-6-11(19(21,22)23)8-15(14)26-17(28)16-9-24-18(29-16)12-4-2-3-5-13(12)20/h2-9H,1H3,(H,25,27)(H,26,28). The third-order valence-corrected chi connectivity index (χ3v) is 5.10. The molecule has 0 aliphatic heterocycles. The Morgan fingerprint density at radius 1 is 1.07 bits per heavy atom. The van der Waals surface area contributed by atoms with Gasteiger partial charge in [-0.2, -0.15) is 13.2 Å². The molecule has 3 aromatic rings. The average Bonchev–Trinajstić information content (AvgIpc) is 3.12. The molecule has 0 bridgehead atoms. The number of hydrogen-bond acceptors (Lipinski definition) is 4. The van der Waals surface area contributed by atoms with Crippen LogP contribution < -0.4 is 10.6 Å². The number of halogens is 4. The molecule has 0 unspecified atom stereocenters. The Hall–Kier alpha value is -2.91. The lowest BCUT2D eigenvalue weighted by Gasteiger charge is -2.14. The van der Waals surface area contributed by atoms with Gasteiger partial charge in [0.1, 0.15) is 9.88 Å². The molecule has 0 aliphatic rings. The van der Waals surface area contributed by atoms with E-state index in [0.29, 0.717) is 15.6 Å². The molecular formula is C19H13ClF3N3O2S. The molecule has 1 aromatic heterocycles. The topological polar surface area (TPSA) is 71.1 Å². The summed E-state index contributed by atoms with van der Waals surface area (Å²) >= 11 is 7.17. The van der Waals surface area contributed by atoms with Gasteiger partial charge >= 0.3 is 6.18 Å². The van der Waals surface area contributed by atoms with Gasteiger partial charge in [0.2, 0.25) is 5.91 Å². The van der Waals surface area contributed by atoms with Gasteiger partial charge in [-0.1, -0.05) is 29.8 Å². The van der Waals surface area contributed by atoms with Crippen LogP contribution >= 0.6 is 22.9 Å². The normalized spacial score (nSPS) is 11.2. The lowest BCUT2D eigenvalue weighted by atomic mass is 10.1. The number of rotatable bonds is 4. The van der Waals surface area contributed by atoms with E-state index < -0.39 is 23.6 Å². The molecule has 2 amide bonds. The zero-order valence-electron chi connectivity index (χ0n) is 14.8. The predicted molar refractivity (Wildman–Crippen MR) is 106 cm³/mol. The first-order valence-electron chi connectivity index (χ1n) is 8.16. The third-order valence-electron chi connectivity index (χ3n) is 3.74. The number of alkyl halides is 3. The van der Waals surface area contributed by atoms with Crippen molar-refractivity contribution in [2.24, 2.45) is 0 Å². The first kappa shape index (κ1) is 20.8. The number of hydrogen-bond donors (Lipinski definition) is 2. The highest BCUT2D eigenvalue weighted by molar-refractivity contribution is 7.17. The van der Waals surface area contributed by atoms with Crippen molar-refractivity contribution in [3.8, 4) is 10.6 Å². The SMILES string of the molecule is CC(=O)Nc1ccc(C(F)(F)F)cc1NC(=O)c1cnc(-c2ccccc2Cl)s1. The van der Waals surface area contributed by atoms with Crippen LogP contribution in [-0.4, -0.2) is 16.8 Å². The first-order chi connectivity index (χ1) is 13.6. The number of nitrogens with zero attached hydrogens (tertiary/aromatic N) is 1. The van der Waals surface area contributed by atoms with Gasteiger partial charge in [-0.05, 0) is 24.3 Å². The molecule has 0 spiro atoms. The number of carbonyl (C=O) groups excluding carboxylic acids is 2. The van der Waals surface area contributed by atoms with Crippen LogP contribution in [0.4, 0.5) is 24.5 Å². The lowest BCUT2D eigenvalue weighted by molar-refractivity contribution is -0.137. The summed E-state index contributed by atoms with van der Waals surface area (Å²) in [5, 5.41) is 5.76. The van der Waals surface area contributed by atoms with E-state index in [4.69, 9.17) is 11.6 Å². The predicted octanol–water partition coefficient (Wildman–Crippen LogP) is 5.69. The van der Waals surface area contributed by atoms with Gasteiger partial charge in [-0.15, -0.1) is 11.3 Å². The Morgan fingerprint density at radius 2 is 1.79 bits per heavy atom. The van der Waals surface area contributed by atoms with E-state index in [1.165, 1.54) is 13.1 Å². The van der Waals surface area contributed by atoms with Crippen molar-refractivity contribution >= 4 is 46.1 Å². The van der Waals surface area contributed by atoms with Gasteiger partial charge in [0.05, 0.1) is 28.2 Å². The number of benzene rings is 2. The first-order valence-corrected chi connectivity index (χ1v) is 9.35. The van der Waals surface area contributed by atoms with Crippen LogP contribution in [0.1, 0.15) is 22.2 Å². The Morgan fingerprint density at radius 3 is 2.45 bits per heavy atom. The fourth-order valence-corrected chi connectivity index (χ4v) is 3.58. The highest BCUT2D eigenvalue weighted by atomic mass is 35.5. The van der Waals surface area contributed by atoms with Crippen LogP contribution in [0.3, 0.4) is 0 Å². The Balaban J connectivity index is 1.90. The average molecular weight is 440 g/mol. The molecule has 0 fully saturated rings. The number of thiazole rings is 1. The largest absolute Gasteiger partial charge is 0.416 e. The highest BCUT2D eigenvalue weighted by Crippen LogP contribution is 2.35. The minimum absolute atomic E-state index is 0.0506. The molecule has 0 saturated carbocycles. The molecule has 5 nitrogen and oxygen atoms in total. The molecule has 2 aromatic carbocycles. The van der Waals surface area contributed by atoms with Gasteiger partial charge in [0.25, 0.3) is 5.91 Å². The molecule has 0 radical (unpaired) electrons. The number of nitrogens with one attached hydrogen (secondary N) is 2. The van der Waals surface area contributed by atoms with Crippen LogP contribution in [0.15, 0.2) is 48.7 Å². The second kappa shape index (κ2) is 8.22. The van der Waals surface area contributed by atoms with E-state index >= 15 is 0 Å². The highest BCUT2D eigenvalue weighted by Gasteiger charge is 2.31. The molecule has 0 atom stereocenters. The molecule has 0 aliphatic carbocycles. The van der Waals surface area contributed by atoms with E-state index in [1.807, 2.05) is 0 Å². The number of aromatic nitrogens is 1. The Labute approximate surface area is 172 Å².